The van der Waals surface area contributed by atoms with E-state index in [2.05, 4.69) is 17.2 Å². The number of aryl methyl sites for hydroxylation is 1. The SMILES string of the molecule is CCC(CO)Cc1cn(C)nn1. The second-order valence-electron chi connectivity index (χ2n) is 3.04. The molecule has 1 unspecified atom stereocenters. The highest BCUT2D eigenvalue weighted by Gasteiger charge is 2.07. The molecule has 0 aromatic carbocycles. The monoisotopic (exact) mass is 169 g/mol. The van der Waals surface area contributed by atoms with Crippen LogP contribution in [0.15, 0.2) is 6.20 Å². The molecule has 0 aliphatic rings. The maximum Gasteiger partial charge on any atom is 0.0830 e. The van der Waals surface area contributed by atoms with Gasteiger partial charge in [-0.05, 0) is 12.3 Å². The van der Waals surface area contributed by atoms with Crippen molar-refractivity contribution in [2.24, 2.45) is 13.0 Å². The van der Waals surface area contributed by atoms with Crippen LogP contribution in [0.25, 0.3) is 0 Å². The van der Waals surface area contributed by atoms with Gasteiger partial charge in [0.1, 0.15) is 0 Å². The van der Waals surface area contributed by atoms with Gasteiger partial charge in [0.2, 0.25) is 0 Å². The third-order valence-electron chi connectivity index (χ3n) is 1.98. The summed E-state index contributed by atoms with van der Waals surface area (Å²) in [6.07, 6.45) is 3.69. The van der Waals surface area contributed by atoms with Crippen LogP contribution in [0.3, 0.4) is 0 Å². The summed E-state index contributed by atoms with van der Waals surface area (Å²) >= 11 is 0. The predicted molar refractivity (Wildman–Crippen MR) is 45.6 cm³/mol. The third-order valence-corrected chi connectivity index (χ3v) is 1.98. The van der Waals surface area contributed by atoms with Crippen LogP contribution in [0.5, 0.6) is 0 Å². The molecule has 0 fully saturated rings. The van der Waals surface area contributed by atoms with E-state index in [1.54, 1.807) is 4.68 Å². The molecule has 0 amide bonds. The van der Waals surface area contributed by atoms with Crippen molar-refractivity contribution in [2.75, 3.05) is 6.61 Å². The van der Waals surface area contributed by atoms with E-state index in [0.29, 0.717) is 5.92 Å². The standard InChI is InChI=1S/C8H15N3O/c1-3-7(6-12)4-8-5-11(2)10-9-8/h5,7,12H,3-4,6H2,1-2H3. The molecule has 1 aromatic heterocycles. The van der Waals surface area contributed by atoms with E-state index in [1.807, 2.05) is 13.2 Å². The highest BCUT2D eigenvalue weighted by molar-refractivity contribution is 4.93. The van der Waals surface area contributed by atoms with Crippen molar-refractivity contribution in [3.63, 3.8) is 0 Å². The summed E-state index contributed by atoms with van der Waals surface area (Å²) in [6, 6.07) is 0. The van der Waals surface area contributed by atoms with Crippen molar-refractivity contribution in [1.82, 2.24) is 15.0 Å². The van der Waals surface area contributed by atoms with Crippen LogP contribution in [0.1, 0.15) is 19.0 Å². The lowest BCUT2D eigenvalue weighted by Gasteiger charge is -2.07. The van der Waals surface area contributed by atoms with Gasteiger partial charge in [0, 0.05) is 19.9 Å². The van der Waals surface area contributed by atoms with Gasteiger partial charge in [-0.2, -0.15) is 0 Å². The molecule has 0 radical (unpaired) electrons. The van der Waals surface area contributed by atoms with E-state index in [9.17, 15) is 0 Å². The average molecular weight is 169 g/mol. The van der Waals surface area contributed by atoms with Crippen LogP contribution < -0.4 is 0 Å². The van der Waals surface area contributed by atoms with Crippen LogP contribution in [0.2, 0.25) is 0 Å². The number of hydrogen-bond donors (Lipinski definition) is 1. The van der Waals surface area contributed by atoms with Crippen LogP contribution >= 0.6 is 0 Å². The first kappa shape index (κ1) is 9.19. The van der Waals surface area contributed by atoms with Gasteiger partial charge in [0.05, 0.1) is 5.69 Å². The Morgan fingerprint density at radius 3 is 2.83 bits per heavy atom. The molecule has 0 aliphatic carbocycles. The summed E-state index contributed by atoms with van der Waals surface area (Å²) in [4.78, 5) is 0. The Kier molecular flexibility index (Phi) is 3.22. The predicted octanol–water partition coefficient (Wildman–Crippen LogP) is 0.376. The van der Waals surface area contributed by atoms with Crippen LogP contribution in [0, 0.1) is 5.92 Å². The molecule has 0 bridgehead atoms. The smallest absolute Gasteiger partial charge is 0.0830 e. The molecule has 1 aromatic rings. The topological polar surface area (TPSA) is 50.9 Å². The van der Waals surface area contributed by atoms with E-state index >= 15 is 0 Å². The van der Waals surface area contributed by atoms with Crippen LogP contribution in [-0.2, 0) is 13.5 Å². The van der Waals surface area contributed by atoms with Crippen molar-refractivity contribution in [1.29, 1.82) is 0 Å². The summed E-state index contributed by atoms with van der Waals surface area (Å²) in [7, 11) is 1.84. The van der Waals surface area contributed by atoms with Gasteiger partial charge < -0.3 is 5.11 Å². The van der Waals surface area contributed by atoms with E-state index in [1.165, 1.54) is 0 Å². The first-order valence-electron chi connectivity index (χ1n) is 4.22. The van der Waals surface area contributed by atoms with Gasteiger partial charge in [0.25, 0.3) is 0 Å². The lowest BCUT2D eigenvalue weighted by atomic mass is 10.0. The van der Waals surface area contributed by atoms with Crippen molar-refractivity contribution in [3.8, 4) is 0 Å². The van der Waals surface area contributed by atoms with E-state index in [4.69, 9.17) is 5.11 Å². The molecule has 1 atom stereocenters. The molecule has 4 heteroatoms. The molecular weight excluding hydrogens is 154 g/mol. The largest absolute Gasteiger partial charge is 0.396 e. The normalized spacial score (nSPS) is 13.2. The van der Waals surface area contributed by atoms with Gasteiger partial charge in [-0.25, -0.2) is 0 Å². The van der Waals surface area contributed by atoms with E-state index in [-0.39, 0.29) is 6.61 Å². The maximum atomic E-state index is 8.94. The van der Waals surface area contributed by atoms with Crippen molar-refractivity contribution < 1.29 is 5.11 Å². The zero-order valence-electron chi connectivity index (χ0n) is 7.56. The fourth-order valence-corrected chi connectivity index (χ4v) is 1.12. The lowest BCUT2D eigenvalue weighted by molar-refractivity contribution is 0.221. The summed E-state index contributed by atoms with van der Waals surface area (Å²) in [5.41, 5.74) is 0.957. The van der Waals surface area contributed by atoms with E-state index < -0.39 is 0 Å². The maximum absolute atomic E-state index is 8.94. The molecule has 1 heterocycles. The number of aromatic nitrogens is 3. The fourth-order valence-electron chi connectivity index (χ4n) is 1.12. The third kappa shape index (κ3) is 2.30. The second-order valence-corrected chi connectivity index (χ2v) is 3.04. The van der Waals surface area contributed by atoms with Crippen molar-refractivity contribution in [3.05, 3.63) is 11.9 Å². The van der Waals surface area contributed by atoms with Crippen LogP contribution in [0.4, 0.5) is 0 Å². The van der Waals surface area contributed by atoms with Gasteiger partial charge in [-0.3, -0.25) is 4.68 Å². The molecular formula is C8H15N3O. The minimum atomic E-state index is 0.229. The minimum absolute atomic E-state index is 0.229. The zero-order chi connectivity index (χ0) is 8.97. The Labute approximate surface area is 72.2 Å². The Morgan fingerprint density at radius 2 is 2.42 bits per heavy atom. The van der Waals surface area contributed by atoms with Gasteiger partial charge in [-0.15, -0.1) is 5.10 Å². The number of aliphatic hydroxyl groups is 1. The first-order chi connectivity index (χ1) is 5.76. The molecule has 1 N–H and O–H groups in total. The van der Waals surface area contributed by atoms with Crippen LogP contribution in [-0.4, -0.2) is 26.7 Å². The molecule has 0 saturated heterocycles. The summed E-state index contributed by atoms with van der Waals surface area (Å²) in [5, 5.41) is 16.7. The second kappa shape index (κ2) is 4.21. The Morgan fingerprint density at radius 1 is 1.67 bits per heavy atom. The van der Waals surface area contributed by atoms with Gasteiger partial charge in [-0.1, -0.05) is 18.6 Å². The van der Waals surface area contributed by atoms with Gasteiger partial charge in [0.15, 0.2) is 0 Å². The summed E-state index contributed by atoms with van der Waals surface area (Å²) in [5.74, 6) is 0.321. The number of nitrogens with zero attached hydrogens (tertiary/aromatic N) is 3. The lowest BCUT2D eigenvalue weighted by Crippen LogP contribution is -2.08. The van der Waals surface area contributed by atoms with Crippen molar-refractivity contribution in [2.45, 2.75) is 19.8 Å². The summed E-state index contributed by atoms with van der Waals surface area (Å²) < 4.78 is 1.68. The molecule has 0 saturated carbocycles. The van der Waals surface area contributed by atoms with Gasteiger partial charge >= 0.3 is 0 Å². The average Bonchev–Trinajstić information content (AvgIpc) is 2.47. The molecule has 1 rings (SSSR count). The fraction of sp³-hybridized carbons (Fsp3) is 0.750. The molecule has 0 spiro atoms. The molecule has 12 heavy (non-hydrogen) atoms. The Balaban J connectivity index is 2.50. The zero-order valence-corrected chi connectivity index (χ0v) is 7.56. The molecule has 68 valence electrons. The minimum Gasteiger partial charge on any atom is -0.396 e. The quantitative estimate of drug-likeness (QED) is 0.708. The van der Waals surface area contributed by atoms with Crippen molar-refractivity contribution >= 4 is 0 Å². The number of hydrogen-bond acceptors (Lipinski definition) is 3. The highest BCUT2D eigenvalue weighted by atomic mass is 16.3. The number of aliphatic hydroxyl groups excluding tert-OH is 1. The number of rotatable bonds is 4. The highest BCUT2D eigenvalue weighted by Crippen LogP contribution is 2.08. The summed E-state index contributed by atoms with van der Waals surface area (Å²) in [6.45, 7) is 2.30. The Hall–Kier alpha value is -0.900. The first-order valence-corrected chi connectivity index (χ1v) is 4.22. The van der Waals surface area contributed by atoms with E-state index in [0.717, 1.165) is 18.5 Å². The molecule has 0 aliphatic heterocycles. The Bertz CT molecular complexity index is 230. The molecule has 4 nitrogen and oxygen atoms in total.